The van der Waals surface area contributed by atoms with Crippen LogP contribution >= 0.6 is 10.7 Å². The van der Waals surface area contributed by atoms with Crippen molar-refractivity contribution in [2.24, 2.45) is 0 Å². The first-order chi connectivity index (χ1) is 4.92. The fourth-order valence-corrected chi connectivity index (χ4v) is 1.05. The number of rotatable bonds is 4. The summed E-state index contributed by atoms with van der Waals surface area (Å²) in [5.41, 5.74) is 0. The van der Waals surface area contributed by atoms with Crippen LogP contribution in [-0.4, -0.2) is 39.7 Å². The molecule has 0 radical (unpaired) electrons. The van der Waals surface area contributed by atoms with Gasteiger partial charge in [0.1, 0.15) is 0 Å². The lowest BCUT2D eigenvalue weighted by molar-refractivity contribution is 0.456. The Kier molecular flexibility index (Phi) is 4.72. The highest BCUT2D eigenvalue weighted by Crippen LogP contribution is 1.95. The van der Waals surface area contributed by atoms with E-state index in [-0.39, 0.29) is 5.75 Å². The molecule has 0 aromatic rings. The summed E-state index contributed by atoms with van der Waals surface area (Å²) in [7, 11) is 5.41. The topological polar surface area (TPSA) is 37.4 Å². The molecule has 0 aromatic heterocycles. The van der Waals surface area contributed by atoms with E-state index in [1.807, 2.05) is 19.0 Å². The largest absolute Gasteiger partial charge is 0.306 e. The molecule has 0 aliphatic rings. The Hall–Kier alpha value is -0.0600. The van der Waals surface area contributed by atoms with Crippen molar-refractivity contribution in [3.05, 3.63) is 12.2 Å². The SMILES string of the molecule is CN(C)C/C=C\CS(=O)(=O)Cl. The Labute approximate surface area is 72.1 Å². The lowest BCUT2D eigenvalue weighted by Crippen LogP contribution is -2.10. The summed E-state index contributed by atoms with van der Waals surface area (Å²) in [5, 5.41) is 0. The van der Waals surface area contributed by atoms with Crippen molar-refractivity contribution in [2.75, 3.05) is 26.4 Å². The van der Waals surface area contributed by atoms with Gasteiger partial charge in [0.15, 0.2) is 0 Å². The molecular formula is C6H12ClNO2S. The maximum absolute atomic E-state index is 10.4. The van der Waals surface area contributed by atoms with Crippen molar-refractivity contribution in [2.45, 2.75) is 0 Å². The van der Waals surface area contributed by atoms with Crippen LogP contribution in [0.25, 0.3) is 0 Å². The molecule has 66 valence electrons. The number of hydrogen-bond acceptors (Lipinski definition) is 3. The average molecular weight is 198 g/mol. The second-order valence-electron chi connectivity index (χ2n) is 2.44. The summed E-state index contributed by atoms with van der Waals surface area (Å²) in [4.78, 5) is 1.93. The molecule has 0 rings (SSSR count). The molecule has 0 aromatic carbocycles. The lowest BCUT2D eigenvalue weighted by Gasteiger charge is -2.02. The van der Waals surface area contributed by atoms with Crippen LogP contribution in [-0.2, 0) is 9.05 Å². The predicted octanol–water partition coefficient (Wildman–Crippen LogP) is 0.673. The van der Waals surface area contributed by atoms with Crippen LogP contribution < -0.4 is 0 Å². The number of hydrogen-bond donors (Lipinski definition) is 0. The van der Waals surface area contributed by atoms with E-state index in [9.17, 15) is 8.42 Å². The van der Waals surface area contributed by atoms with Gasteiger partial charge in [-0.2, -0.15) is 0 Å². The molecule has 0 saturated heterocycles. The molecular weight excluding hydrogens is 186 g/mol. The lowest BCUT2D eigenvalue weighted by atomic mass is 10.5. The van der Waals surface area contributed by atoms with Crippen molar-refractivity contribution in [1.29, 1.82) is 0 Å². The van der Waals surface area contributed by atoms with Crippen molar-refractivity contribution < 1.29 is 8.42 Å². The molecule has 0 fully saturated rings. The predicted molar refractivity (Wildman–Crippen MR) is 47.3 cm³/mol. The summed E-state index contributed by atoms with van der Waals surface area (Å²) in [6, 6.07) is 0. The summed E-state index contributed by atoms with van der Waals surface area (Å²) in [6.07, 6.45) is 3.31. The first-order valence-corrected chi connectivity index (χ1v) is 5.62. The molecule has 0 saturated carbocycles. The fraction of sp³-hybridized carbons (Fsp3) is 0.667. The van der Waals surface area contributed by atoms with Crippen LogP contribution in [0.1, 0.15) is 0 Å². The van der Waals surface area contributed by atoms with E-state index < -0.39 is 9.05 Å². The van der Waals surface area contributed by atoms with Gasteiger partial charge in [-0.1, -0.05) is 12.2 Å². The minimum Gasteiger partial charge on any atom is -0.306 e. The Morgan fingerprint density at radius 2 is 1.91 bits per heavy atom. The summed E-state index contributed by atoms with van der Waals surface area (Å²) in [6.45, 7) is 0.729. The molecule has 0 N–H and O–H groups in total. The Morgan fingerprint density at radius 3 is 2.27 bits per heavy atom. The first-order valence-electron chi connectivity index (χ1n) is 3.14. The van der Waals surface area contributed by atoms with Gasteiger partial charge >= 0.3 is 0 Å². The standard InChI is InChI=1S/C6H12ClNO2S/c1-8(2)5-3-4-6-11(7,9)10/h3-4H,5-6H2,1-2H3/b4-3-. The number of likely N-dealkylation sites (N-methyl/N-ethyl adjacent to an activating group) is 1. The minimum atomic E-state index is -3.36. The van der Waals surface area contributed by atoms with Crippen LogP contribution in [0, 0.1) is 0 Å². The maximum atomic E-state index is 10.4. The quantitative estimate of drug-likeness (QED) is 0.491. The summed E-state index contributed by atoms with van der Waals surface area (Å²) < 4.78 is 20.8. The van der Waals surface area contributed by atoms with Crippen LogP contribution in [0.2, 0.25) is 0 Å². The molecule has 0 aliphatic heterocycles. The molecule has 0 atom stereocenters. The zero-order valence-electron chi connectivity index (χ0n) is 6.62. The van der Waals surface area contributed by atoms with E-state index in [1.165, 1.54) is 0 Å². The van der Waals surface area contributed by atoms with Gasteiger partial charge in [0, 0.05) is 17.2 Å². The van der Waals surface area contributed by atoms with E-state index in [0.29, 0.717) is 0 Å². The Balaban J connectivity index is 3.63. The van der Waals surface area contributed by atoms with Gasteiger partial charge in [0.05, 0.1) is 5.75 Å². The highest BCUT2D eigenvalue weighted by Gasteiger charge is 1.98. The molecule has 0 bridgehead atoms. The zero-order valence-corrected chi connectivity index (χ0v) is 8.19. The molecule has 5 heteroatoms. The molecule has 0 aliphatic carbocycles. The normalized spacial score (nSPS) is 13.1. The Morgan fingerprint density at radius 1 is 1.36 bits per heavy atom. The van der Waals surface area contributed by atoms with Crippen molar-refractivity contribution >= 4 is 19.7 Å². The van der Waals surface area contributed by atoms with E-state index in [0.717, 1.165) is 6.54 Å². The fourth-order valence-electron chi connectivity index (χ4n) is 0.468. The van der Waals surface area contributed by atoms with Crippen LogP contribution in [0.5, 0.6) is 0 Å². The Bertz CT molecular complexity index is 221. The van der Waals surface area contributed by atoms with Crippen LogP contribution in [0.3, 0.4) is 0 Å². The molecule has 0 amide bonds. The van der Waals surface area contributed by atoms with Gasteiger partial charge in [-0.05, 0) is 14.1 Å². The van der Waals surface area contributed by atoms with E-state index in [4.69, 9.17) is 10.7 Å². The summed E-state index contributed by atoms with van der Waals surface area (Å²) >= 11 is 0. The molecule has 0 spiro atoms. The molecule has 11 heavy (non-hydrogen) atoms. The third-order valence-electron chi connectivity index (χ3n) is 0.933. The molecule has 0 unspecified atom stereocenters. The van der Waals surface area contributed by atoms with E-state index in [1.54, 1.807) is 12.2 Å². The second kappa shape index (κ2) is 4.74. The zero-order chi connectivity index (χ0) is 8.91. The minimum absolute atomic E-state index is 0.0948. The van der Waals surface area contributed by atoms with E-state index >= 15 is 0 Å². The first kappa shape index (κ1) is 10.9. The van der Waals surface area contributed by atoms with Gasteiger partial charge in [0.2, 0.25) is 9.05 Å². The van der Waals surface area contributed by atoms with Gasteiger partial charge in [-0.25, -0.2) is 8.42 Å². The van der Waals surface area contributed by atoms with Crippen molar-refractivity contribution in [1.82, 2.24) is 4.90 Å². The van der Waals surface area contributed by atoms with Crippen molar-refractivity contribution in [3.63, 3.8) is 0 Å². The van der Waals surface area contributed by atoms with Crippen LogP contribution in [0.4, 0.5) is 0 Å². The van der Waals surface area contributed by atoms with Gasteiger partial charge in [0.25, 0.3) is 0 Å². The molecule has 3 nitrogen and oxygen atoms in total. The smallest absolute Gasteiger partial charge is 0.236 e. The number of halogens is 1. The summed E-state index contributed by atoms with van der Waals surface area (Å²) in [5.74, 6) is -0.0948. The third kappa shape index (κ3) is 9.94. The van der Waals surface area contributed by atoms with Gasteiger partial charge in [-0.15, -0.1) is 0 Å². The maximum Gasteiger partial charge on any atom is 0.236 e. The van der Waals surface area contributed by atoms with E-state index in [2.05, 4.69) is 0 Å². The van der Waals surface area contributed by atoms with Crippen LogP contribution in [0.15, 0.2) is 12.2 Å². The molecule has 0 heterocycles. The van der Waals surface area contributed by atoms with Crippen molar-refractivity contribution in [3.8, 4) is 0 Å². The monoisotopic (exact) mass is 197 g/mol. The van der Waals surface area contributed by atoms with Gasteiger partial charge in [-0.3, -0.25) is 0 Å². The third-order valence-corrected chi connectivity index (χ3v) is 1.90. The highest BCUT2D eigenvalue weighted by molar-refractivity contribution is 8.13. The second-order valence-corrected chi connectivity index (χ2v) is 5.26. The highest BCUT2D eigenvalue weighted by atomic mass is 35.7. The van der Waals surface area contributed by atoms with Gasteiger partial charge < -0.3 is 4.90 Å². The number of nitrogens with zero attached hydrogens (tertiary/aromatic N) is 1. The average Bonchev–Trinajstić information content (AvgIpc) is 1.78.